The Morgan fingerprint density at radius 1 is 1.40 bits per heavy atom. The zero-order valence-electron chi connectivity index (χ0n) is 6.29. The van der Waals surface area contributed by atoms with Crippen LogP contribution in [0.4, 0.5) is 0 Å². The fraction of sp³-hybridized carbons (Fsp3) is 1.00. The first-order valence-electron chi connectivity index (χ1n) is 4.11. The van der Waals surface area contributed by atoms with Crippen LogP contribution < -0.4 is 0 Å². The summed E-state index contributed by atoms with van der Waals surface area (Å²) in [7, 11) is 0. The molecule has 0 aromatic rings. The molecule has 2 heteroatoms. The number of ether oxygens (including phenoxy) is 1. The molecule has 2 bridgehead atoms. The molecule has 4 atom stereocenters. The third-order valence-electron chi connectivity index (χ3n) is 2.91. The highest BCUT2D eigenvalue weighted by atomic mass is 16.6. The highest BCUT2D eigenvalue weighted by Crippen LogP contribution is 2.40. The largest absolute Gasteiger partial charge is 0.368 e. The van der Waals surface area contributed by atoms with E-state index in [2.05, 4.69) is 6.92 Å². The van der Waals surface area contributed by atoms with Gasteiger partial charge in [-0.25, -0.2) is 0 Å². The van der Waals surface area contributed by atoms with Gasteiger partial charge in [-0.1, -0.05) is 6.92 Å². The Kier molecular flexibility index (Phi) is 1.46. The van der Waals surface area contributed by atoms with E-state index >= 15 is 0 Å². The summed E-state index contributed by atoms with van der Waals surface area (Å²) in [6.45, 7) is 2.21. The first-order chi connectivity index (χ1) is 4.77. The van der Waals surface area contributed by atoms with Crippen LogP contribution in [0.5, 0.6) is 0 Å². The molecule has 0 spiro atoms. The van der Waals surface area contributed by atoms with Crippen molar-refractivity contribution in [3.05, 3.63) is 0 Å². The van der Waals surface area contributed by atoms with E-state index in [1.54, 1.807) is 0 Å². The summed E-state index contributed by atoms with van der Waals surface area (Å²) in [5.74, 6) is 1.09. The fourth-order valence-electron chi connectivity index (χ4n) is 2.14. The van der Waals surface area contributed by atoms with Gasteiger partial charge in [-0.15, -0.1) is 0 Å². The summed E-state index contributed by atoms with van der Waals surface area (Å²) in [6, 6.07) is 0. The van der Waals surface area contributed by atoms with Crippen LogP contribution in [0.3, 0.4) is 0 Å². The summed E-state index contributed by atoms with van der Waals surface area (Å²) in [6.07, 6.45) is 3.38. The van der Waals surface area contributed by atoms with Crippen LogP contribution in [0.1, 0.15) is 26.2 Å². The molecule has 2 nitrogen and oxygen atoms in total. The van der Waals surface area contributed by atoms with Crippen molar-refractivity contribution in [2.75, 3.05) is 0 Å². The van der Waals surface area contributed by atoms with Crippen LogP contribution in [0.2, 0.25) is 0 Å². The molecule has 0 aromatic heterocycles. The van der Waals surface area contributed by atoms with Gasteiger partial charge in [0.25, 0.3) is 0 Å². The van der Waals surface area contributed by atoms with Gasteiger partial charge in [0.1, 0.15) is 0 Å². The maximum absolute atomic E-state index is 9.35. The maximum atomic E-state index is 9.35. The lowest BCUT2D eigenvalue weighted by atomic mass is 9.81. The third-order valence-corrected chi connectivity index (χ3v) is 2.91. The minimum Gasteiger partial charge on any atom is -0.368 e. The van der Waals surface area contributed by atoms with Crippen LogP contribution in [0.25, 0.3) is 0 Å². The first-order valence-corrected chi connectivity index (χ1v) is 4.11. The second kappa shape index (κ2) is 2.21. The van der Waals surface area contributed by atoms with Gasteiger partial charge in [0.2, 0.25) is 0 Å². The van der Waals surface area contributed by atoms with Gasteiger partial charge in [-0.2, -0.15) is 0 Å². The number of fused-ring (bicyclic) bond motifs is 2. The van der Waals surface area contributed by atoms with Gasteiger partial charge in [0, 0.05) is 5.92 Å². The highest BCUT2D eigenvalue weighted by molar-refractivity contribution is 4.85. The van der Waals surface area contributed by atoms with Crippen LogP contribution in [0.15, 0.2) is 0 Å². The van der Waals surface area contributed by atoms with Crippen molar-refractivity contribution in [2.24, 2.45) is 11.8 Å². The Morgan fingerprint density at radius 2 is 2.20 bits per heavy atom. The predicted octanol–water partition coefficient (Wildman–Crippen LogP) is 1.14. The van der Waals surface area contributed by atoms with E-state index in [4.69, 9.17) is 4.74 Å². The van der Waals surface area contributed by atoms with Crippen molar-refractivity contribution in [2.45, 2.75) is 38.6 Å². The number of aliphatic hydroxyl groups excluding tert-OH is 1. The van der Waals surface area contributed by atoms with Crippen molar-refractivity contribution in [1.82, 2.24) is 0 Å². The minimum absolute atomic E-state index is 0.371. The smallest absolute Gasteiger partial charge is 0.158 e. The average molecular weight is 142 g/mol. The van der Waals surface area contributed by atoms with E-state index in [-0.39, 0.29) is 0 Å². The summed E-state index contributed by atoms with van der Waals surface area (Å²) in [5, 5.41) is 9.35. The molecule has 1 saturated heterocycles. The van der Waals surface area contributed by atoms with Gasteiger partial charge in [-0.05, 0) is 25.2 Å². The van der Waals surface area contributed by atoms with E-state index in [0.29, 0.717) is 17.9 Å². The Morgan fingerprint density at radius 3 is 2.90 bits per heavy atom. The van der Waals surface area contributed by atoms with Crippen molar-refractivity contribution in [3.63, 3.8) is 0 Å². The topological polar surface area (TPSA) is 29.5 Å². The number of hydrogen-bond donors (Lipinski definition) is 1. The molecular weight excluding hydrogens is 128 g/mol. The van der Waals surface area contributed by atoms with Gasteiger partial charge in [0.05, 0.1) is 6.10 Å². The number of rotatable bonds is 0. The lowest BCUT2D eigenvalue weighted by Crippen LogP contribution is -2.22. The molecule has 2 unspecified atom stereocenters. The lowest BCUT2D eigenvalue weighted by molar-refractivity contribution is -0.104. The van der Waals surface area contributed by atoms with Gasteiger partial charge >= 0.3 is 0 Å². The Hall–Kier alpha value is -0.0800. The van der Waals surface area contributed by atoms with E-state index in [9.17, 15) is 5.11 Å². The molecule has 1 aliphatic carbocycles. The maximum Gasteiger partial charge on any atom is 0.158 e. The third kappa shape index (κ3) is 0.867. The van der Waals surface area contributed by atoms with Crippen molar-refractivity contribution in [1.29, 1.82) is 0 Å². The van der Waals surface area contributed by atoms with E-state index in [1.165, 1.54) is 6.42 Å². The summed E-state index contributed by atoms with van der Waals surface area (Å²) >= 11 is 0. The summed E-state index contributed by atoms with van der Waals surface area (Å²) in [4.78, 5) is 0. The quantitative estimate of drug-likeness (QED) is 0.549. The normalized spacial score (nSPS) is 53.4. The zero-order chi connectivity index (χ0) is 7.14. The monoisotopic (exact) mass is 142 g/mol. The zero-order valence-corrected chi connectivity index (χ0v) is 6.29. The lowest BCUT2D eigenvalue weighted by Gasteiger charge is -2.23. The first kappa shape index (κ1) is 6.62. The standard InChI is InChI=1S/C8H14O2/c1-5-2-3-6-4-7(5)8(9)10-6/h5-9H,2-4H2,1H3/t5?,6-,7+,8?/m0/s1. The fourth-order valence-corrected chi connectivity index (χ4v) is 2.14. The molecule has 0 aromatic carbocycles. The average Bonchev–Trinajstić information content (AvgIpc) is 2.21. The molecule has 0 radical (unpaired) electrons. The van der Waals surface area contributed by atoms with E-state index in [1.807, 2.05) is 0 Å². The Labute approximate surface area is 61.2 Å². The second-order valence-corrected chi connectivity index (χ2v) is 3.60. The molecule has 2 aliphatic rings. The van der Waals surface area contributed by atoms with Crippen molar-refractivity contribution in [3.8, 4) is 0 Å². The van der Waals surface area contributed by atoms with Crippen molar-refractivity contribution < 1.29 is 9.84 Å². The van der Waals surface area contributed by atoms with E-state index < -0.39 is 6.29 Å². The molecule has 2 rings (SSSR count). The van der Waals surface area contributed by atoms with Crippen LogP contribution >= 0.6 is 0 Å². The van der Waals surface area contributed by atoms with Crippen LogP contribution in [0, 0.1) is 11.8 Å². The molecule has 1 N–H and O–H groups in total. The number of aliphatic hydroxyl groups is 1. The van der Waals surface area contributed by atoms with Crippen LogP contribution in [-0.2, 0) is 4.74 Å². The summed E-state index contributed by atoms with van der Waals surface area (Å²) in [5.41, 5.74) is 0. The molecule has 1 aliphatic heterocycles. The highest BCUT2D eigenvalue weighted by Gasteiger charge is 2.40. The molecule has 1 heterocycles. The molecule has 2 fully saturated rings. The SMILES string of the molecule is CC1CC[C@H]2C[C@H]1C(O)O2. The second-order valence-electron chi connectivity index (χ2n) is 3.60. The summed E-state index contributed by atoms with van der Waals surface area (Å²) < 4.78 is 5.31. The minimum atomic E-state index is -0.456. The molecule has 10 heavy (non-hydrogen) atoms. The van der Waals surface area contributed by atoms with Gasteiger partial charge in [0.15, 0.2) is 6.29 Å². The predicted molar refractivity (Wildman–Crippen MR) is 37.4 cm³/mol. The molecular formula is C8H14O2. The Balaban J connectivity index is 2.10. The molecule has 1 saturated carbocycles. The molecule has 58 valence electrons. The van der Waals surface area contributed by atoms with Gasteiger partial charge < -0.3 is 9.84 Å². The Bertz CT molecular complexity index is 131. The molecule has 0 amide bonds. The van der Waals surface area contributed by atoms with E-state index in [0.717, 1.165) is 12.8 Å². The van der Waals surface area contributed by atoms with Crippen molar-refractivity contribution >= 4 is 0 Å². The van der Waals surface area contributed by atoms with Gasteiger partial charge in [-0.3, -0.25) is 0 Å². The number of hydrogen-bond acceptors (Lipinski definition) is 2. The van der Waals surface area contributed by atoms with Crippen LogP contribution in [-0.4, -0.2) is 17.5 Å².